The lowest BCUT2D eigenvalue weighted by molar-refractivity contribution is 0.623. The average Bonchev–Trinajstić information content (AvgIpc) is 3.02. The molecule has 1 aromatic rings. The molecule has 1 aliphatic carbocycles. The van der Waals surface area contributed by atoms with Crippen molar-refractivity contribution in [2.45, 2.75) is 38.8 Å². The lowest BCUT2D eigenvalue weighted by atomic mass is 10.2. The quantitative estimate of drug-likeness (QED) is 0.657. The van der Waals surface area contributed by atoms with E-state index in [1.165, 1.54) is 17.7 Å². The van der Waals surface area contributed by atoms with Crippen molar-refractivity contribution >= 4 is 11.6 Å². The van der Waals surface area contributed by atoms with Crippen molar-refractivity contribution in [1.82, 2.24) is 10.6 Å². The van der Waals surface area contributed by atoms with E-state index in [1.807, 2.05) is 7.05 Å². The maximum absolute atomic E-state index is 4.32. The SMILES string of the molecule is CN=C(NCC(C)N1CCc2ccccc21)NC1CC1C. The molecule has 21 heavy (non-hydrogen) atoms. The highest BCUT2D eigenvalue weighted by Gasteiger charge is 2.33. The van der Waals surface area contributed by atoms with Crippen LogP contribution >= 0.6 is 0 Å². The summed E-state index contributed by atoms with van der Waals surface area (Å²) in [5.74, 6) is 1.72. The summed E-state index contributed by atoms with van der Waals surface area (Å²) in [6, 6.07) is 9.81. The Labute approximate surface area is 127 Å². The molecule has 1 aliphatic heterocycles. The van der Waals surface area contributed by atoms with Crippen LogP contribution in [0, 0.1) is 5.92 Å². The molecular weight excluding hydrogens is 260 g/mol. The molecule has 0 amide bonds. The topological polar surface area (TPSA) is 39.7 Å². The predicted molar refractivity (Wildman–Crippen MR) is 89.0 cm³/mol. The molecule has 3 rings (SSSR count). The Morgan fingerprint density at radius 3 is 2.90 bits per heavy atom. The largest absolute Gasteiger partial charge is 0.366 e. The highest BCUT2D eigenvalue weighted by atomic mass is 15.2. The molecule has 3 unspecified atom stereocenters. The number of nitrogens with zero attached hydrogens (tertiary/aromatic N) is 2. The molecule has 0 radical (unpaired) electrons. The van der Waals surface area contributed by atoms with Gasteiger partial charge in [-0.3, -0.25) is 4.99 Å². The Balaban J connectivity index is 1.53. The van der Waals surface area contributed by atoms with Crippen molar-refractivity contribution in [2.75, 3.05) is 25.0 Å². The molecule has 4 heteroatoms. The van der Waals surface area contributed by atoms with Crippen LogP contribution in [0.3, 0.4) is 0 Å². The first kappa shape index (κ1) is 14.2. The van der Waals surface area contributed by atoms with Crippen LogP contribution in [0.15, 0.2) is 29.3 Å². The molecule has 1 saturated carbocycles. The number of fused-ring (bicyclic) bond motifs is 1. The molecule has 1 aromatic carbocycles. The zero-order valence-electron chi connectivity index (χ0n) is 13.3. The number of anilines is 1. The van der Waals surface area contributed by atoms with Crippen molar-refractivity contribution in [3.63, 3.8) is 0 Å². The second kappa shape index (κ2) is 5.96. The summed E-state index contributed by atoms with van der Waals surface area (Å²) in [6.07, 6.45) is 2.42. The summed E-state index contributed by atoms with van der Waals surface area (Å²) >= 11 is 0. The number of para-hydroxylation sites is 1. The fourth-order valence-electron chi connectivity index (χ4n) is 3.07. The highest BCUT2D eigenvalue weighted by molar-refractivity contribution is 5.80. The molecule has 4 nitrogen and oxygen atoms in total. The van der Waals surface area contributed by atoms with Crippen molar-refractivity contribution in [1.29, 1.82) is 0 Å². The maximum Gasteiger partial charge on any atom is 0.191 e. The zero-order chi connectivity index (χ0) is 14.8. The second-order valence-electron chi connectivity index (χ2n) is 6.34. The van der Waals surface area contributed by atoms with Crippen molar-refractivity contribution in [3.05, 3.63) is 29.8 Å². The molecule has 3 atom stereocenters. The number of hydrogen-bond donors (Lipinski definition) is 2. The van der Waals surface area contributed by atoms with Gasteiger partial charge < -0.3 is 15.5 Å². The van der Waals surface area contributed by atoms with Gasteiger partial charge in [-0.1, -0.05) is 25.1 Å². The number of rotatable bonds is 4. The summed E-state index contributed by atoms with van der Waals surface area (Å²) in [7, 11) is 1.85. The third-order valence-corrected chi connectivity index (χ3v) is 4.68. The Bertz CT molecular complexity index is 525. The van der Waals surface area contributed by atoms with E-state index in [9.17, 15) is 0 Å². The minimum absolute atomic E-state index is 0.462. The number of guanidine groups is 1. The number of nitrogens with one attached hydrogen (secondary N) is 2. The molecular formula is C17H26N4. The van der Waals surface area contributed by atoms with E-state index in [2.05, 4.69) is 58.6 Å². The summed E-state index contributed by atoms with van der Waals surface area (Å²) in [5, 5.41) is 6.94. The monoisotopic (exact) mass is 286 g/mol. The van der Waals surface area contributed by atoms with Crippen LogP contribution in [0.4, 0.5) is 5.69 Å². The van der Waals surface area contributed by atoms with Gasteiger partial charge in [-0.05, 0) is 37.3 Å². The molecule has 1 fully saturated rings. The van der Waals surface area contributed by atoms with Gasteiger partial charge in [0.05, 0.1) is 0 Å². The van der Waals surface area contributed by atoms with Crippen molar-refractivity contribution < 1.29 is 0 Å². The minimum Gasteiger partial charge on any atom is -0.366 e. The number of aliphatic imine (C=N–C) groups is 1. The van der Waals surface area contributed by atoms with Crippen molar-refractivity contribution in [2.24, 2.45) is 10.9 Å². The van der Waals surface area contributed by atoms with E-state index in [1.54, 1.807) is 0 Å². The number of hydrogen-bond acceptors (Lipinski definition) is 2. The zero-order valence-corrected chi connectivity index (χ0v) is 13.3. The molecule has 0 spiro atoms. The number of benzene rings is 1. The van der Waals surface area contributed by atoms with E-state index in [0.29, 0.717) is 12.1 Å². The van der Waals surface area contributed by atoms with Gasteiger partial charge in [0.15, 0.2) is 5.96 Å². The first-order valence-corrected chi connectivity index (χ1v) is 8.00. The Morgan fingerprint density at radius 1 is 1.43 bits per heavy atom. The Kier molecular flexibility index (Phi) is 4.04. The van der Waals surface area contributed by atoms with Gasteiger partial charge in [0.2, 0.25) is 0 Å². The average molecular weight is 286 g/mol. The smallest absolute Gasteiger partial charge is 0.191 e. The van der Waals surface area contributed by atoms with Gasteiger partial charge in [-0.15, -0.1) is 0 Å². The predicted octanol–water partition coefficient (Wildman–Crippen LogP) is 2.01. The summed E-state index contributed by atoms with van der Waals surface area (Å²) in [5.41, 5.74) is 2.87. The van der Waals surface area contributed by atoms with Gasteiger partial charge in [0, 0.05) is 37.9 Å². The van der Waals surface area contributed by atoms with Gasteiger partial charge in [-0.25, -0.2) is 0 Å². The molecule has 0 aromatic heterocycles. The van der Waals surface area contributed by atoms with Crippen LogP contribution in [0.2, 0.25) is 0 Å². The van der Waals surface area contributed by atoms with Gasteiger partial charge >= 0.3 is 0 Å². The van der Waals surface area contributed by atoms with Crippen LogP contribution in [-0.4, -0.2) is 38.2 Å². The minimum atomic E-state index is 0.462. The summed E-state index contributed by atoms with van der Waals surface area (Å²) < 4.78 is 0. The third-order valence-electron chi connectivity index (χ3n) is 4.68. The lowest BCUT2D eigenvalue weighted by Crippen LogP contribution is -2.46. The van der Waals surface area contributed by atoms with Gasteiger partial charge in [0.1, 0.15) is 0 Å². The molecule has 0 saturated heterocycles. The van der Waals surface area contributed by atoms with Crippen LogP contribution < -0.4 is 15.5 Å². The lowest BCUT2D eigenvalue weighted by Gasteiger charge is -2.28. The van der Waals surface area contributed by atoms with E-state index in [4.69, 9.17) is 0 Å². The Hall–Kier alpha value is -1.71. The van der Waals surface area contributed by atoms with Crippen LogP contribution in [0.25, 0.3) is 0 Å². The van der Waals surface area contributed by atoms with E-state index in [0.717, 1.165) is 31.4 Å². The van der Waals surface area contributed by atoms with E-state index >= 15 is 0 Å². The first-order chi connectivity index (χ1) is 10.2. The first-order valence-electron chi connectivity index (χ1n) is 8.00. The summed E-state index contributed by atoms with van der Waals surface area (Å²) in [6.45, 7) is 6.58. The second-order valence-corrected chi connectivity index (χ2v) is 6.34. The van der Waals surface area contributed by atoms with Gasteiger partial charge in [-0.2, -0.15) is 0 Å². The molecule has 2 N–H and O–H groups in total. The normalized spacial score (nSPS) is 25.5. The molecule has 114 valence electrons. The van der Waals surface area contributed by atoms with Crippen LogP contribution in [-0.2, 0) is 6.42 Å². The highest BCUT2D eigenvalue weighted by Crippen LogP contribution is 2.29. The fraction of sp³-hybridized carbons (Fsp3) is 0.588. The molecule has 2 aliphatic rings. The van der Waals surface area contributed by atoms with E-state index in [-0.39, 0.29) is 0 Å². The Morgan fingerprint density at radius 2 is 2.19 bits per heavy atom. The molecule has 1 heterocycles. The molecule has 0 bridgehead atoms. The maximum atomic E-state index is 4.32. The fourth-order valence-corrected chi connectivity index (χ4v) is 3.07. The van der Waals surface area contributed by atoms with Crippen molar-refractivity contribution in [3.8, 4) is 0 Å². The van der Waals surface area contributed by atoms with Gasteiger partial charge in [0.25, 0.3) is 0 Å². The van der Waals surface area contributed by atoms with E-state index < -0.39 is 0 Å². The summed E-state index contributed by atoms with van der Waals surface area (Å²) in [4.78, 5) is 6.82. The third kappa shape index (κ3) is 3.14. The van der Waals surface area contributed by atoms with Crippen LogP contribution in [0.5, 0.6) is 0 Å². The standard InChI is InChI=1S/C17H26N4/c1-12-10-15(12)20-17(18-3)19-11-13(2)21-9-8-14-6-4-5-7-16(14)21/h4-7,12-13,15H,8-11H2,1-3H3,(H2,18,19,20). The van der Waals surface area contributed by atoms with Crippen LogP contribution in [0.1, 0.15) is 25.8 Å².